The van der Waals surface area contributed by atoms with E-state index >= 15 is 0 Å². The van der Waals surface area contributed by atoms with E-state index in [0.29, 0.717) is 32.8 Å². The van der Waals surface area contributed by atoms with Gasteiger partial charge in [0.15, 0.2) is 6.61 Å². The highest BCUT2D eigenvalue weighted by molar-refractivity contribution is 7.60. The Morgan fingerprint density at radius 3 is 2.32 bits per heavy atom. The summed E-state index contributed by atoms with van der Waals surface area (Å²) >= 11 is 0. The molecule has 2 rings (SSSR count). The number of carbonyl (C=O) groups excluding carboxylic acids is 2. The van der Waals surface area contributed by atoms with Gasteiger partial charge < -0.3 is 29.1 Å². The molecule has 2 amide bonds. The highest BCUT2D eigenvalue weighted by atomic mass is 31.2. The van der Waals surface area contributed by atoms with Crippen molar-refractivity contribution in [2.45, 2.75) is 6.92 Å². The van der Waals surface area contributed by atoms with Crippen LogP contribution in [0.25, 0.3) is 0 Å². The predicted octanol–water partition coefficient (Wildman–Crippen LogP) is 0.169. The van der Waals surface area contributed by atoms with Crippen molar-refractivity contribution < 1.29 is 33.4 Å². The second-order valence-corrected chi connectivity index (χ2v) is 6.94. The molecule has 0 aromatic heterocycles. The number of hydrogen-bond acceptors (Lipinski definition) is 5. The number of rotatable bonds is 5. The molecule has 0 atom stereocenters. The lowest BCUT2D eigenvalue weighted by Crippen LogP contribution is -2.51. The Labute approximate surface area is 145 Å². The molecule has 10 heteroatoms. The molecular formula is C15H21N2O7P. The fourth-order valence-electron chi connectivity index (χ4n) is 2.40. The van der Waals surface area contributed by atoms with Crippen molar-refractivity contribution in [1.29, 1.82) is 0 Å². The van der Waals surface area contributed by atoms with E-state index in [1.807, 2.05) is 0 Å². The van der Waals surface area contributed by atoms with Crippen LogP contribution in [-0.4, -0.2) is 71.0 Å². The molecule has 0 unspecified atom stereocenters. The van der Waals surface area contributed by atoms with Gasteiger partial charge in [-0.2, -0.15) is 0 Å². The van der Waals surface area contributed by atoms with Crippen molar-refractivity contribution in [3.63, 3.8) is 0 Å². The zero-order valence-corrected chi connectivity index (χ0v) is 14.7. The Morgan fingerprint density at radius 1 is 1.12 bits per heavy atom. The number of nitrogens with zero attached hydrogens (tertiary/aromatic N) is 2. The summed E-state index contributed by atoms with van der Waals surface area (Å²) in [4.78, 5) is 45.5. The van der Waals surface area contributed by atoms with Crippen LogP contribution < -0.4 is 10.0 Å². The number of hydrogen-bond donors (Lipinski definition) is 2. The van der Waals surface area contributed by atoms with Crippen LogP contribution in [0.4, 0.5) is 4.79 Å². The van der Waals surface area contributed by atoms with E-state index in [-0.39, 0.29) is 23.6 Å². The van der Waals surface area contributed by atoms with Gasteiger partial charge in [0.1, 0.15) is 11.1 Å². The van der Waals surface area contributed by atoms with Crippen LogP contribution >= 0.6 is 7.60 Å². The summed E-state index contributed by atoms with van der Waals surface area (Å²) in [7, 11) is -4.48. The first kappa shape index (κ1) is 19.2. The van der Waals surface area contributed by atoms with Crippen molar-refractivity contribution in [3.05, 3.63) is 24.3 Å². The molecule has 1 fully saturated rings. The molecule has 2 N–H and O–H groups in total. The quantitative estimate of drug-likeness (QED) is 0.708. The maximum atomic E-state index is 12.2. The van der Waals surface area contributed by atoms with E-state index in [2.05, 4.69) is 0 Å². The molecule has 0 bridgehead atoms. The third kappa shape index (κ3) is 5.19. The number of para-hydroxylation sites is 1. The normalized spacial score (nSPS) is 15.0. The van der Waals surface area contributed by atoms with Gasteiger partial charge in [0, 0.05) is 26.2 Å². The van der Waals surface area contributed by atoms with Gasteiger partial charge in [-0.1, -0.05) is 12.1 Å². The highest BCUT2D eigenvalue weighted by Crippen LogP contribution is 2.37. The number of amides is 2. The smallest absolute Gasteiger partial charge is 0.409 e. The molecule has 0 spiro atoms. The zero-order valence-electron chi connectivity index (χ0n) is 13.8. The second kappa shape index (κ2) is 8.33. The summed E-state index contributed by atoms with van der Waals surface area (Å²) in [5, 5.41) is -0.255. The first-order chi connectivity index (χ1) is 11.8. The van der Waals surface area contributed by atoms with Crippen molar-refractivity contribution in [2.24, 2.45) is 0 Å². The summed E-state index contributed by atoms with van der Waals surface area (Å²) in [6, 6.07) is 5.72. The van der Waals surface area contributed by atoms with Crippen LogP contribution in [-0.2, 0) is 14.1 Å². The van der Waals surface area contributed by atoms with Crippen LogP contribution in [0.3, 0.4) is 0 Å². The van der Waals surface area contributed by atoms with Gasteiger partial charge in [0.05, 0.1) is 6.61 Å². The fraction of sp³-hybridized carbons (Fsp3) is 0.467. The third-order valence-corrected chi connectivity index (χ3v) is 4.69. The van der Waals surface area contributed by atoms with Gasteiger partial charge >= 0.3 is 13.7 Å². The molecule has 25 heavy (non-hydrogen) atoms. The standard InChI is InChI=1S/C15H21N2O7P/c1-2-23-15(19)17-9-7-16(8-10-17)14(18)11-24-12-5-3-4-6-13(12)25(20,21)22/h3-6H,2,7-11H2,1H3,(H2,20,21,22). The van der Waals surface area contributed by atoms with Crippen LogP contribution in [0.1, 0.15) is 6.92 Å². The van der Waals surface area contributed by atoms with Crippen LogP contribution in [0, 0.1) is 0 Å². The zero-order chi connectivity index (χ0) is 18.4. The van der Waals surface area contributed by atoms with E-state index in [9.17, 15) is 23.9 Å². The van der Waals surface area contributed by atoms with E-state index in [4.69, 9.17) is 9.47 Å². The van der Waals surface area contributed by atoms with E-state index in [1.165, 1.54) is 28.0 Å². The largest absolute Gasteiger partial charge is 0.483 e. The maximum absolute atomic E-state index is 12.2. The lowest BCUT2D eigenvalue weighted by atomic mass is 10.3. The molecule has 0 radical (unpaired) electrons. The van der Waals surface area contributed by atoms with Crippen molar-refractivity contribution in [3.8, 4) is 5.75 Å². The minimum atomic E-state index is -4.48. The Balaban J connectivity index is 1.88. The van der Waals surface area contributed by atoms with Gasteiger partial charge in [-0.3, -0.25) is 9.36 Å². The maximum Gasteiger partial charge on any atom is 0.409 e. The van der Waals surface area contributed by atoms with Gasteiger partial charge in [-0.05, 0) is 19.1 Å². The Bertz CT molecular complexity index is 668. The number of benzene rings is 1. The molecule has 1 aromatic carbocycles. The predicted molar refractivity (Wildman–Crippen MR) is 88.8 cm³/mol. The molecule has 1 saturated heterocycles. The summed E-state index contributed by atoms with van der Waals surface area (Å²) in [5.74, 6) is -0.335. The molecule has 1 aliphatic rings. The van der Waals surface area contributed by atoms with E-state index < -0.39 is 13.7 Å². The molecule has 9 nitrogen and oxygen atoms in total. The first-order valence-electron chi connectivity index (χ1n) is 7.80. The van der Waals surface area contributed by atoms with Crippen molar-refractivity contribution >= 4 is 24.9 Å². The summed E-state index contributed by atoms with van der Waals surface area (Å²) < 4.78 is 21.6. The Kier molecular flexibility index (Phi) is 6.41. The van der Waals surface area contributed by atoms with Crippen LogP contribution in [0.15, 0.2) is 24.3 Å². The van der Waals surface area contributed by atoms with E-state index in [0.717, 1.165) is 0 Å². The molecule has 1 heterocycles. The number of ether oxygens (including phenoxy) is 2. The van der Waals surface area contributed by atoms with Gasteiger partial charge in [-0.15, -0.1) is 0 Å². The first-order valence-corrected chi connectivity index (χ1v) is 9.41. The van der Waals surface area contributed by atoms with E-state index in [1.54, 1.807) is 13.0 Å². The molecule has 1 aliphatic heterocycles. The van der Waals surface area contributed by atoms with Crippen LogP contribution in [0.2, 0.25) is 0 Å². The minimum Gasteiger partial charge on any atom is -0.483 e. The Hall–Kier alpha value is -2.09. The number of carbonyl (C=O) groups is 2. The van der Waals surface area contributed by atoms with Gasteiger partial charge in [-0.25, -0.2) is 4.79 Å². The second-order valence-electron chi connectivity index (χ2n) is 5.37. The average molecular weight is 372 g/mol. The fourth-order valence-corrected chi connectivity index (χ4v) is 3.11. The third-order valence-electron chi connectivity index (χ3n) is 3.69. The Morgan fingerprint density at radius 2 is 1.72 bits per heavy atom. The lowest BCUT2D eigenvalue weighted by Gasteiger charge is -2.34. The summed E-state index contributed by atoms with van der Waals surface area (Å²) in [5.41, 5.74) is 0. The van der Waals surface area contributed by atoms with Gasteiger partial charge in [0.25, 0.3) is 5.91 Å². The molecule has 0 aliphatic carbocycles. The molecular weight excluding hydrogens is 351 g/mol. The monoisotopic (exact) mass is 372 g/mol. The number of piperazine rings is 1. The summed E-state index contributed by atoms with van der Waals surface area (Å²) in [6.45, 7) is 3.11. The van der Waals surface area contributed by atoms with Crippen molar-refractivity contribution in [1.82, 2.24) is 9.80 Å². The summed E-state index contributed by atoms with van der Waals surface area (Å²) in [6.07, 6.45) is -0.401. The topological polar surface area (TPSA) is 117 Å². The van der Waals surface area contributed by atoms with Crippen molar-refractivity contribution in [2.75, 3.05) is 39.4 Å². The average Bonchev–Trinajstić information content (AvgIpc) is 2.59. The van der Waals surface area contributed by atoms with Gasteiger partial charge in [0.2, 0.25) is 0 Å². The molecule has 0 saturated carbocycles. The molecule has 1 aromatic rings. The lowest BCUT2D eigenvalue weighted by molar-refractivity contribution is -0.134. The SMILES string of the molecule is CCOC(=O)N1CCN(C(=O)COc2ccccc2P(=O)(O)O)CC1. The molecule has 138 valence electrons. The van der Waals surface area contributed by atoms with Crippen LogP contribution in [0.5, 0.6) is 5.75 Å². The minimum absolute atomic E-state index is 0.0191. The highest BCUT2D eigenvalue weighted by Gasteiger charge is 2.26.